The Bertz CT molecular complexity index is 335. The maximum atomic E-state index is 5.84. The van der Waals surface area contributed by atoms with Gasteiger partial charge in [0.1, 0.15) is 0 Å². The van der Waals surface area contributed by atoms with Gasteiger partial charge in [-0.1, -0.05) is 13.3 Å². The number of hydrogen-bond donors (Lipinski definition) is 1. The van der Waals surface area contributed by atoms with Crippen LogP contribution >= 0.6 is 11.3 Å². The third kappa shape index (κ3) is 2.55. The SMILES string of the molecule is CCC1CCCN(c2nc(C(C)N)cs2)C1. The molecule has 0 saturated carbocycles. The number of aromatic nitrogens is 1. The molecule has 0 aliphatic carbocycles. The monoisotopic (exact) mass is 239 g/mol. The molecule has 2 unspecified atom stereocenters. The lowest BCUT2D eigenvalue weighted by atomic mass is 9.96. The van der Waals surface area contributed by atoms with Gasteiger partial charge in [-0.2, -0.15) is 0 Å². The zero-order valence-corrected chi connectivity index (χ0v) is 11.0. The molecule has 0 spiro atoms. The van der Waals surface area contributed by atoms with Crippen LogP contribution in [0, 0.1) is 5.92 Å². The van der Waals surface area contributed by atoms with Crippen molar-refractivity contribution >= 4 is 16.5 Å². The smallest absolute Gasteiger partial charge is 0.185 e. The molecule has 3 nitrogen and oxygen atoms in total. The topological polar surface area (TPSA) is 42.2 Å². The van der Waals surface area contributed by atoms with Crippen LogP contribution in [-0.4, -0.2) is 18.1 Å². The number of anilines is 1. The van der Waals surface area contributed by atoms with Gasteiger partial charge >= 0.3 is 0 Å². The fourth-order valence-corrected chi connectivity index (χ4v) is 3.17. The summed E-state index contributed by atoms with van der Waals surface area (Å²) in [6.45, 7) is 6.60. The lowest BCUT2D eigenvalue weighted by Gasteiger charge is -2.31. The maximum Gasteiger partial charge on any atom is 0.185 e. The van der Waals surface area contributed by atoms with Crippen LogP contribution in [0.15, 0.2) is 5.38 Å². The van der Waals surface area contributed by atoms with E-state index in [1.165, 1.54) is 25.8 Å². The summed E-state index contributed by atoms with van der Waals surface area (Å²) in [5, 5.41) is 3.25. The van der Waals surface area contributed by atoms with E-state index in [0.29, 0.717) is 0 Å². The van der Waals surface area contributed by atoms with Crippen molar-refractivity contribution in [3.05, 3.63) is 11.1 Å². The quantitative estimate of drug-likeness (QED) is 0.882. The summed E-state index contributed by atoms with van der Waals surface area (Å²) in [6, 6.07) is 0.0526. The maximum absolute atomic E-state index is 5.84. The Balaban J connectivity index is 2.05. The second kappa shape index (κ2) is 5.15. The van der Waals surface area contributed by atoms with E-state index in [1.807, 2.05) is 6.92 Å². The first-order chi connectivity index (χ1) is 7.70. The first-order valence-corrected chi connectivity index (χ1v) is 7.04. The lowest BCUT2D eigenvalue weighted by molar-refractivity contribution is 0.404. The van der Waals surface area contributed by atoms with Crippen molar-refractivity contribution in [2.75, 3.05) is 18.0 Å². The zero-order valence-electron chi connectivity index (χ0n) is 10.1. The summed E-state index contributed by atoms with van der Waals surface area (Å²) in [4.78, 5) is 7.05. The Morgan fingerprint density at radius 1 is 1.69 bits per heavy atom. The molecule has 0 bridgehead atoms. The van der Waals surface area contributed by atoms with E-state index in [0.717, 1.165) is 23.3 Å². The van der Waals surface area contributed by atoms with Crippen LogP contribution in [-0.2, 0) is 0 Å². The molecule has 1 aliphatic rings. The number of nitrogens with zero attached hydrogens (tertiary/aromatic N) is 2. The molecule has 0 radical (unpaired) electrons. The molecule has 1 saturated heterocycles. The molecule has 1 aliphatic heterocycles. The van der Waals surface area contributed by atoms with Crippen LogP contribution < -0.4 is 10.6 Å². The van der Waals surface area contributed by atoms with E-state index in [1.54, 1.807) is 11.3 Å². The average molecular weight is 239 g/mol. The first-order valence-electron chi connectivity index (χ1n) is 6.16. The second-order valence-corrected chi connectivity index (χ2v) is 5.54. The second-order valence-electron chi connectivity index (χ2n) is 4.71. The Labute approximate surface area is 102 Å². The number of thiazole rings is 1. The molecule has 16 heavy (non-hydrogen) atoms. The number of hydrogen-bond acceptors (Lipinski definition) is 4. The van der Waals surface area contributed by atoms with Crippen molar-refractivity contribution < 1.29 is 0 Å². The van der Waals surface area contributed by atoms with Crippen molar-refractivity contribution in [2.24, 2.45) is 11.7 Å². The van der Waals surface area contributed by atoms with Gasteiger partial charge in [-0.05, 0) is 25.7 Å². The molecule has 1 aromatic heterocycles. The number of piperidine rings is 1. The number of nitrogens with two attached hydrogens (primary N) is 1. The highest BCUT2D eigenvalue weighted by atomic mass is 32.1. The Morgan fingerprint density at radius 2 is 2.50 bits per heavy atom. The third-order valence-electron chi connectivity index (χ3n) is 3.34. The van der Waals surface area contributed by atoms with Crippen molar-refractivity contribution in [1.82, 2.24) is 4.98 Å². The van der Waals surface area contributed by atoms with Crippen molar-refractivity contribution in [1.29, 1.82) is 0 Å². The minimum absolute atomic E-state index is 0.0526. The van der Waals surface area contributed by atoms with Gasteiger partial charge in [-0.3, -0.25) is 0 Å². The van der Waals surface area contributed by atoms with E-state index in [-0.39, 0.29) is 6.04 Å². The normalized spacial score (nSPS) is 23.4. The van der Waals surface area contributed by atoms with Crippen LogP contribution in [0.25, 0.3) is 0 Å². The minimum Gasteiger partial charge on any atom is -0.348 e. The molecule has 2 atom stereocenters. The van der Waals surface area contributed by atoms with Crippen molar-refractivity contribution in [2.45, 2.75) is 39.2 Å². The Kier molecular flexibility index (Phi) is 3.82. The van der Waals surface area contributed by atoms with Gasteiger partial charge in [0.05, 0.1) is 5.69 Å². The van der Waals surface area contributed by atoms with E-state index in [2.05, 4.69) is 22.2 Å². The highest BCUT2D eigenvalue weighted by Gasteiger charge is 2.21. The standard InChI is InChI=1S/C12H21N3S/c1-3-10-5-4-6-15(7-10)12-14-11(8-16-12)9(2)13/h8-10H,3-7,13H2,1-2H3. The van der Waals surface area contributed by atoms with Gasteiger partial charge in [0.25, 0.3) is 0 Å². The summed E-state index contributed by atoms with van der Waals surface area (Å²) in [5.41, 5.74) is 6.86. The predicted molar refractivity (Wildman–Crippen MR) is 69.9 cm³/mol. The first kappa shape index (κ1) is 11.9. The van der Waals surface area contributed by atoms with E-state index >= 15 is 0 Å². The van der Waals surface area contributed by atoms with Crippen LogP contribution in [0.3, 0.4) is 0 Å². The Morgan fingerprint density at radius 3 is 3.12 bits per heavy atom. The molecule has 2 heterocycles. The molecular formula is C12H21N3S. The predicted octanol–water partition coefficient (Wildman–Crippen LogP) is 2.79. The largest absolute Gasteiger partial charge is 0.348 e. The number of rotatable bonds is 3. The molecule has 1 fully saturated rings. The summed E-state index contributed by atoms with van der Waals surface area (Å²) < 4.78 is 0. The van der Waals surface area contributed by atoms with Gasteiger partial charge in [0, 0.05) is 24.5 Å². The fraction of sp³-hybridized carbons (Fsp3) is 0.750. The van der Waals surface area contributed by atoms with Crippen LogP contribution in [0.5, 0.6) is 0 Å². The summed E-state index contributed by atoms with van der Waals surface area (Å²) in [6.07, 6.45) is 3.95. The van der Waals surface area contributed by atoms with Gasteiger partial charge in [0.2, 0.25) is 0 Å². The lowest BCUT2D eigenvalue weighted by Crippen LogP contribution is -2.35. The molecule has 2 rings (SSSR count). The van der Waals surface area contributed by atoms with Crippen molar-refractivity contribution in [3.63, 3.8) is 0 Å². The molecule has 0 aromatic carbocycles. The van der Waals surface area contributed by atoms with E-state index < -0.39 is 0 Å². The minimum atomic E-state index is 0.0526. The molecular weight excluding hydrogens is 218 g/mol. The highest BCUT2D eigenvalue weighted by molar-refractivity contribution is 7.13. The van der Waals surface area contributed by atoms with Gasteiger partial charge < -0.3 is 10.6 Å². The van der Waals surface area contributed by atoms with Gasteiger partial charge in [0.15, 0.2) is 5.13 Å². The molecule has 2 N–H and O–H groups in total. The van der Waals surface area contributed by atoms with Crippen LogP contribution in [0.2, 0.25) is 0 Å². The van der Waals surface area contributed by atoms with Gasteiger partial charge in [-0.25, -0.2) is 4.98 Å². The molecule has 0 amide bonds. The van der Waals surface area contributed by atoms with E-state index in [4.69, 9.17) is 5.73 Å². The fourth-order valence-electron chi connectivity index (χ4n) is 2.20. The van der Waals surface area contributed by atoms with Crippen LogP contribution in [0.1, 0.15) is 44.8 Å². The highest BCUT2D eigenvalue weighted by Crippen LogP contribution is 2.28. The van der Waals surface area contributed by atoms with Gasteiger partial charge in [-0.15, -0.1) is 11.3 Å². The van der Waals surface area contributed by atoms with Crippen molar-refractivity contribution in [3.8, 4) is 0 Å². The summed E-state index contributed by atoms with van der Waals surface area (Å²) in [7, 11) is 0. The van der Waals surface area contributed by atoms with Crippen LogP contribution in [0.4, 0.5) is 5.13 Å². The molecule has 90 valence electrons. The third-order valence-corrected chi connectivity index (χ3v) is 4.26. The molecule has 1 aromatic rings. The van der Waals surface area contributed by atoms with E-state index in [9.17, 15) is 0 Å². The molecule has 4 heteroatoms. The summed E-state index contributed by atoms with van der Waals surface area (Å²) in [5.74, 6) is 0.844. The Hall–Kier alpha value is -0.610. The summed E-state index contributed by atoms with van der Waals surface area (Å²) >= 11 is 1.73. The zero-order chi connectivity index (χ0) is 11.5. The average Bonchev–Trinajstić information content (AvgIpc) is 2.78.